The second-order valence-corrected chi connectivity index (χ2v) is 6.21. The van der Waals surface area contributed by atoms with Gasteiger partial charge < -0.3 is 19.9 Å². The summed E-state index contributed by atoms with van der Waals surface area (Å²) in [6.45, 7) is 7.02. The van der Waals surface area contributed by atoms with E-state index in [4.69, 9.17) is 9.47 Å². The lowest BCUT2D eigenvalue weighted by atomic mass is 9.61. The molecular weight excluding hydrogens is 290 g/mol. The second-order valence-electron chi connectivity index (χ2n) is 6.21. The summed E-state index contributed by atoms with van der Waals surface area (Å²) < 4.78 is 10.4. The third-order valence-electron chi connectivity index (χ3n) is 4.68. The topological polar surface area (TPSA) is 102 Å². The first kappa shape index (κ1) is 16.6. The van der Waals surface area contributed by atoms with Gasteiger partial charge in [0.05, 0.1) is 18.6 Å². The van der Waals surface area contributed by atoms with Gasteiger partial charge in [-0.2, -0.15) is 0 Å². The normalized spacial score (nSPS) is 40.2. The molecule has 4 unspecified atom stereocenters. The molecule has 0 radical (unpaired) electrons. The van der Waals surface area contributed by atoms with E-state index in [0.29, 0.717) is 5.70 Å². The van der Waals surface area contributed by atoms with Gasteiger partial charge in [-0.25, -0.2) is 4.79 Å². The Balaban J connectivity index is 2.85. The van der Waals surface area contributed by atoms with E-state index in [1.165, 1.54) is 27.9 Å². The van der Waals surface area contributed by atoms with Gasteiger partial charge in [0.1, 0.15) is 17.0 Å². The summed E-state index contributed by atoms with van der Waals surface area (Å²) >= 11 is 0. The van der Waals surface area contributed by atoms with Crippen molar-refractivity contribution in [3.8, 4) is 0 Å². The van der Waals surface area contributed by atoms with Gasteiger partial charge in [-0.15, -0.1) is 0 Å². The number of hydrogen-bond donors (Lipinski definition) is 2. The van der Waals surface area contributed by atoms with Crippen LogP contribution in [0, 0.1) is 11.3 Å². The Morgan fingerprint density at radius 3 is 2.23 bits per heavy atom. The number of esters is 1. The highest BCUT2D eigenvalue weighted by Crippen LogP contribution is 2.61. The van der Waals surface area contributed by atoms with Gasteiger partial charge in [-0.3, -0.25) is 9.59 Å². The van der Waals surface area contributed by atoms with Crippen LogP contribution in [0.25, 0.3) is 0 Å². The molecule has 2 rings (SSSR count). The Morgan fingerprint density at radius 1 is 1.27 bits per heavy atom. The molecule has 2 heterocycles. The highest BCUT2D eigenvalue weighted by molar-refractivity contribution is 6.06. The fourth-order valence-electron chi connectivity index (χ4n) is 4.27. The second kappa shape index (κ2) is 4.63. The number of methoxy groups -OCH3 is 1. The SMILES string of the molecule is COC(=O)C1=C(C)NC2(C)OC(C)(O)C(C(C)=O)C12C(C)=O. The molecule has 22 heavy (non-hydrogen) atoms. The van der Waals surface area contributed by atoms with Crippen molar-refractivity contribution in [2.75, 3.05) is 7.11 Å². The lowest BCUT2D eigenvalue weighted by Crippen LogP contribution is -2.56. The van der Waals surface area contributed by atoms with Crippen LogP contribution in [0.2, 0.25) is 0 Å². The van der Waals surface area contributed by atoms with Crippen LogP contribution in [0.4, 0.5) is 0 Å². The number of aliphatic hydroxyl groups is 1. The van der Waals surface area contributed by atoms with E-state index < -0.39 is 40.4 Å². The van der Waals surface area contributed by atoms with Gasteiger partial charge in [-0.1, -0.05) is 0 Å². The monoisotopic (exact) mass is 311 g/mol. The molecule has 0 bridgehead atoms. The van der Waals surface area contributed by atoms with Crippen LogP contribution >= 0.6 is 0 Å². The molecule has 2 aliphatic heterocycles. The van der Waals surface area contributed by atoms with Crippen LogP contribution in [-0.4, -0.2) is 41.3 Å². The van der Waals surface area contributed by atoms with Crippen molar-refractivity contribution in [2.24, 2.45) is 11.3 Å². The van der Waals surface area contributed by atoms with Gasteiger partial charge in [0.15, 0.2) is 11.5 Å². The molecule has 1 fully saturated rings. The van der Waals surface area contributed by atoms with E-state index in [-0.39, 0.29) is 5.57 Å². The van der Waals surface area contributed by atoms with Crippen LogP contribution in [0.5, 0.6) is 0 Å². The molecule has 0 aromatic carbocycles. The highest BCUT2D eigenvalue weighted by atomic mass is 16.7. The third-order valence-corrected chi connectivity index (χ3v) is 4.68. The maximum absolute atomic E-state index is 12.6. The van der Waals surface area contributed by atoms with E-state index in [1.54, 1.807) is 13.8 Å². The third kappa shape index (κ3) is 1.72. The van der Waals surface area contributed by atoms with Crippen molar-refractivity contribution >= 4 is 17.5 Å². The van der Waals surface area contributed by atoms with Crippen LogP contribution in [0.15, 0.2) is 11.3 Å². The molecule has 0 saturated carbocycles. The molecule has 2 aliphatic rings. The average molecular weight is 311 g/mol. The number of carbonyl (C=O) groups excluding carboxylic acids is 3. The van der Waals surface area contributed by atoms with E-state index in [1.807, 2.05) is 0 Å². The van der Waals surface area contributed by atoms with Crippen molar-refractivity contribution < 1.29 is 29.0 Å². The molecule has 0 aliphatic carbocycles. The predicted molar refractivity (Wildman–Crippen MR) is 75.3 cm³/mol. The molecule has 0 aromatic rings. The molecule has 0 spiro atoms. The maximum atomic E-state index is 12.6. The van der Waals surface area contributed by atoms with Gasteiger partial charge in [0.2, 0.25) is 0 Å². The van der Waals surface area contributed by atoms with E-state index in [2.05, 4.69) is 5.32 Å². The van der Waals surface area contributed by atoms with Crippen molar-refractivity contribution in [3.63, 3.8) is 0 Å². The van der Waals surface area contributed by atoms with Gasteiger partial charge in [0.25, 0.3) is 0 Å². The zero-order chi connectivity index (χ0) is 17.1. The fourth-order valence-corrected chi connectivity index (χ4v) is 4.27. The van der Waals surface area contributed by atoms with Crippen molar-refractivity contribution in [1.82, 2.24) is 5.32 Å². The minimum absolute atomic E-state index is 0.0305. The van der Waals surface area contributed by atoms with E-state index >= 15 is 0 Å². The Morgan fingerprint density at radius 2 is 1.82 bits per heavy atom. The van der Waals surface area contributed by atoms with Crippen molar-refractivity contribution in [1.29, 1.82) is 0 Å². The lowest BCUT2D eigenvalue weighted by Gasteiger charge is -2.37. The number of Topliss-reactive ketones (excluding diaryl/α,β-unsaturated/α-hetero) is 2. The van der Waals surface area contributed by atoms with Gasteiger partial charge in [-0.05, 0) is 34.6 Å². The summed E-state index contributed by atoms with van der Waals surface area (Å²) in [5.74, 6) is -4.73. The van der Waals surface area contributed by atoms with Crippen molar-refractivity contribution in [3.05, 3.63) is 11.3 Å². The lowest BCUT2D eigenvalue weighted by molar-refractivity contribution is -0.226. The molecule has 7 nitrogen and oxygen atoms in total. The average Bonchev–Trinajstić information content (AvgIpc) is 2.65. The molecule has 0 aromatic heterocycles. The Hall–Kier alpha value is -1.73. The van der Waals surface area contributed by atoms with Crippen LogP contribution in [0.1, 0.15) is 34.6 Å². The number of ether oxygens (including phenoxy) is 2. The zero-order valence-corrected chi connectivity index (χ0v) is 13.6. The fraction of sp³-hybridized carbons (Fsp3) is 0.667. The first-order chi connectivity index (χ1) is 9.95. The van der Waals surface area contributed by atoms with Gasteiger partial charge >= 0.3 is 5.97 Å². The van der Waals surface area contributed by atoms with Crippen LogP contribution < -0.4 is 5.32 Å². The smallest absolute Gasteiger partial charge is 0.336 e. The molecule has 4 atom stereocenters. The van der Waals surface area contributed by atoms with Crippen LogP contribution in [0.3, 0.4) is 0 Å². The minimum Gasteiger partial charge on any atom is -0.466 e. The Labute approximate surface area is 128 Å². The number of allylic oxidation sites excluding steroid dienone is 1. The first-order valence-electron chi connectivity index (χ1n) is 6.97. The summed E-state index contributed by atoms with van der Waals surface area (Å²) in [4.78, 5) is 37.1. The molecule has 2 N–H and O–H groups in total. The molecular formula is C15H21NO6. The molecule has 7 heteroatoms. The Kier molecular flexibility index (Phi) is 3.50. The zero-order valence-electron chi connectivity index (χ0n) is 13.6. The largest absolute Gasteiger partial charge is 0.466 e. The number of carbonyl (C=O) groups is 3. The minimum atomic E-state index is -1.89. The maximum Gasteiger partial charge on any atom is 0.336 e. The number of ketones is 2. The number of fused-ring (bicyclic) bond motifs is 1. The predicted octanol–water partition coefficient (Wildman–Crippen LogP) is 0.272. The molecule has 1 saturated heterocycles. The number of rotatable bonds is 3. The quantitative estimate of drug-likeness (QED) is 0.721. The van der Waals surface area contributed by atoms with E-state index in [9.17, 15) is 19.5 Å². The van der Waals surface area contributed by atoms with Crippen LogP contribution in [-0.2, 0) is 23.9 Å². The number of hydrogen-bond acceptors (Lipinski definition) is 7. The van der Waals surface area contributed by atoms with Crippen molar-refractivity contribution in [2.45, 2.75) is 46.1 Å². The standard InChI is InChI=1S/C15H21NO6/c1-7-10(12(19)21-6)15(9(3)18)11(8(2)17)13(4,20)22-14(15,5)16-7/h11,16,20H,1-6H3. The first-order valence-corrected chi connectivity index (χ1v) is 6.97. The summed E-state index contributed by atoms with van der Waals surface area (Å²) in [5.41, 5.74) is -2.62. The summed E-state index contributed by atoms with van der Waals surface area (Å²) in [6, 6.07) is 0. The highest BCUT2D eigenvalue weighted by Gasteiger charge is 2.77. The Bertz CT molecular complexity index is 607. The van der Waals surface area contributed by atoms with Gasteiger partial charge in [0, 0.05) is 5.70 Å². The summed E-state index contributed by atoms with van der Waals surface area (Å²) in [5, 5.41) is 13.5. The number of nitrogens with one attached hydrogen (secondary N) is 1. The van der Waals surface area contributed by atoms with E-state index in [0.717, 1.165) is 0 Å². The molecule has 0 amide bonds. The summed E-state index contributed by atoms with van der Waals surface area (Å²) in [7, 11) is 1.20. The molecule has 122 valence electrons. The summed E-state index contributed by atoms with van der Waals surface area (Å²) in [6.07, 6.45) is 0.